The fourth-order valence-electron chi connectivity index (χ4n) is 2.75. The lowest BCUT2D eigenvalue weighted by molar-refractivity contribution is -0.385. The van der Waals surface area contributed by atoms with Crippen LogP contribution in [0.25, 0.3) is 10.4 Å². The fraction of sp³-hybridized carbons (Fsp3) is 0.412. The van der Waals surface area contributed by atoms with Gasteiger partial charge in [-0.3, -0.25) is 29.1 Å². The van der Waals surface area contributed by atoms with Crippen molar-refractivity contribution in [1.29, 1.82) is 0 Å². The normalized spacial score (nSPS) is 15.6. The van der Waals surface area contributed by atoms with Gasteiger partial charge in [0.05, 0.1) is 23.3 Å². The molecule has 188 valence electrons. The Morgan fingerprint density at radius 3 is 2.57 bits per heavy atom. The molecule has 1 unspecified atom stereocenters. The quantitative estimate of drug-likeness (QED) is 0.0359. The van der Waals surface area contributed by atoms with Crippen molar-refractivity contribution in [1.82, 2.24) is 5.06 Å². The highest BCUT2D eigenvalue weighted by Gasteiger charge is 2.48. The minimum absolute atomic E-state index is 0.00965. The Hall–Kier alpha value is -3.18. The number of hydrogen-bond acceptors (Lipinski definition) is 12. The first-order valence-corrected chi connectivity index (χ1v) is 13.6. The highest BCUT2D eigenvalue weighted by molar-refractivity contribution is 8.76. The number of ketones is 1. The lowest BCUT2D eigenvalue weighted by Gasteiger charge is -2.13. The van der Waals surface area contributed by atoms with Gasteiger partial charge in [0.15, 0.2) is 11.0 Å². The Kier molecular flexibility index (Phi) is 10.0. The van der Waals surface area contributed by atoms with Crippen LogP contribution in [0, 0.1) is 10.1 Å². The number of Topliss-reactive ketones (excluding diaryl/α,β-unsaturated/α-hetero) is 1. The molecule has 1 aliphatic heterocycles. The van der Waals surface area contributed by atoms with Crippen LogP contribution in [0.3, 0.4) is 0 Å². The molecule has 2 amide bonds. The molecule has 1 heterocycles. The van der Waals surface area contributed by atoms with E-state index in [1.165, 1.54) is 27.7 Å². The predicted molar refractivity (Wildman–Crippen MR) is 123 cm³/mol. The van der Waals surface area contributed by atoms with E-state index in [1.54, 1.807) is 0 Å². The van der Waals surface area contributed by atoms with E-state index in [0.29, 0.717) is 12.2 Å². The maximum atomic E-state index is 12.4. The maximum Gasteiger partial charge on any atom is 0.334 e. The molecule has 18 heteroatoms. The van der Waals surface area contributed by atoms with Crippen molar-refractivity contribution in [2.75, 3.05) is 11.5 Å². The first-order valence-electron chi connectivity index (χ1n) is 9.60. The molecule has 1 fully saturated rings. The van der Waals surface area contributed by atoms with Crippen LogP contribution in [0.1, 0.15) is 36.0 Å². The molecule has 35 heavy (non-hydrogen) atoms. The number of hydroxylamine groups is 2. The summed E-state index contributed by atoms with van der Waals surface area (Å²) in [6, 6.07) is 3.48. The first kappa shape index (κ1) is 28.1. The Labute approximate surface area is 205 Å². The van der Waals surface area contributed by atoms with Gasteiger partial charge in [0.2, 0.25) is 0 Å². The van der Waals surface area contributed by atoms with Gasteiger partial charge in [0.1, 0.15) is 0 Å². The molecule has 0 saturated carbocycles. The Bertz CT molecular complexity index is 1200. The number of nitro benzene ring substituents is 1. The Morgan fingerprint density at radius 2 is 1.97 bits per heavy atom. The molecule has 1 aromatic rings. The van der Waals surface area contributed by atoms with Crippen LogP contribution in [0.2, 0.25) is 0 Å². The van der Waals surface area contributed by atoms with Gasteiger partial charge in [0, 0.05) is 34.6 Å². The molecule has 1 N–H and O–H groups in total. The van der Waals surface area contributed by atoms with Gasteiger partial charge in [-0.25, -0.2) is 4.79 Å². The molecule has 0 bridgehead atoms. The number of imide groups is 1. The van der Waals surface area contributed by atoms with Crippen LogP contribution >= 0.6 is 21.6 Å². The van der Waals surface area contributed by atoms with Crippen LogP contribution in [0.15, 0.2) is 23.3 Å². The minimum Gasteiger partial charge on any atom is -0.330 e. The van der Waals surface area contributed by atoms with Gasteiger partial charge >= 0.3 is 5.97 Å². The third-order valence-electron chi connectivity index (χ3n) is 4.36. The van der Waals surface area contributed by atoms with E-state index in [0.717, 1.165) is 12.1 Å². The van der Waals surface area contributed by atoms with Crippen LogP contribution < -0.4 is 0 Å². The second kappa shape index (κ2) is 12.5. The predicted octanol–water partition coefficient (Wildman–Crippen LogP) is 2.74. The monoisotopic (exact) mass is 547 g/mol. The molecule has 1 aromatic carbocycles. The molecule has 1 aliphatic rings. The molecule has 0 aliphatic carbocycles. The number of nitrogens with zero attached hydrogens (tertiary/aromatic N) is 5. The van der Waals surface area contributed by atoms with Crippen LogP contribution in [-0.2, 0) is 29.3 Å². The summed E-state index contributed by atoms with van der Waals surface area (Å²) in [5.41, 5.74) is 7.99. The van der Waals surface area contributed by atoms with E-state index < -0.39 is 56.0 Å². The van der Waals surface area contributed by atoms with Crippen LogP contribution in [0.5, 0.6) is 0 Å². The molecule has 0 aromatic heterocycles. The third-order valence-corrected chi connectivity index (χ3v) is 7.94. The van der Waals surface area contributed by atoms with Gasteiger partial charge in [-0.15, -0.1) is 5.06 Å². The van der Waals surface area contributed by atoms with Crippen LogP contribution in [-0.4, -0.2) is 63.3 Å². The molecule has 2 rings (SSSR count). The second-order valence-electron chi connectivity index (χ2n) is 6.77. The SMILES string of the molecule is [N-]=[N+]=Nc1ccc([N+](=O)[O-])c(C(=O)CCCSSCCC(=O)ON2C(=O)CC(S(=O)(=O)O)C2=O)c1. The average molecular weight is 548 g/mol. The Morgan fingerprint density at radius 1 is 1.29 bits per heavy atom. The van der Waals surface area contributed by atoms with Gasteiger partial charge in [-0.1, -0.05) is 26.7 Å². The van der Waals surface area contributed by atoms with Crippen molar-refractivity contribution in [3.63, 3.8) is 0 Å². The summed E-state index contributed by atoms with van der Waals surface area (Å²) in [4.78, 5) is 65.2. The largest absolute Gasteiger partial charge is 0.334 e. The zero-order valence-electron chi connectivity index (χ0n) is 17.6. The molecule has 15 nitrogen and oxygen atoms in total. The minimum atomic E-state index is -4.81. The zero-order valence-corrected chi connectivity index (χ0v) is 20.1. The zero-order chi connectivity index (χ0) is 26.2. The van der Waals surface area contributed by atoms with Crippen LogP contribution in [0.4, 0.5) is 11.4 Å². The molecule has 1 atom stereocenters. The third kappa shape index (κ3) is 7.93. The number of hydrogen-bond donors (Lipinski definition) is 1. The van der Waals surface area contributed by atoms with Crippen molar-refractivity contribution >= 4 is 66.6 Å². The first-order chi connectivity index (χ1) is 16.5. The molecule has 1 saturated heterocycles. The molecule has 0 spiro atoms. The highest BCUT2D eigenvalue weighted by Crippen LogP contribution is 2.28. The van der Waals surface area contributed by atoms with Crippen molar-refractivity contribution in [3.8, 4) is 0 Å². The Balaban J connectivity index is 1.72. The molecule has 0 radical (unpaired) electrons. The second-order valence-corrected chi connectivity index (χ2v) is 11.1. The fourth-order valence-corrected chi connectivity index (χ4v) is 5.51. The standard InChI is InChI=1S/C17H17N5O10S3/c18-20-19-10-3-4-12(22(27)28)11(8-10)13(23)2-1-6-33-34-7-5-16(25)32-21-15(24)9-14(17(21)26)35(29,30)31/h3-4,8,14H,1-2,5-7,9H2,(H,29,30,31). The van der Waals surface area contributed by atoms with E-state index in [1.807, 2.05) is 0 Å². The number of carbonyl (C=O) groups excluding carboxylic acids is 4. The van der Waals surface area contributed by atoms with E-state index in [2.05, 4.69) is 14.9 Å². The summed E-state index contributed by atoms with van der Waals surface area (Å²) < 4.78 is 31.1. The highest BCUT2D eigenvalue weighted by atomic mass is 33.1. The van der Waals surface area contributed by atoms with E-state index in [-0.39, 0.29) is 34.9 Å². The van der Waals surface area contributed by atoms with E-state index >= 15 is 0 Å². The van der Waals surface area contributed by atoms with Crippen molar-refractivity contribution in [2.24, 2.45) is 5.11 Å². The summed E-state index contributed by atoms with van der Waals surface area (Å²) in [5.74, 6) is -3.21. The van der Waals surface area contributed by atoms with Crippen molar-refractivity contribution in [2.45, 2.75) is 30.9 Å². The van der Waals surface area contributed by atoms with Gasteiger partial charge in [-0.2, -0.15) is 8.42 Å². The van der Waals surface area contributed by atoms with E-state index in [9.17, 15) is 37.7 Å². The maximum absolute atomic E-state index is 12.4. The van der Waals surface area contributed by atoms with Gasteiger partial charge < -0.3 is 4.84 Å². The summed E-state index contributed by atoms with van der Waals surface area (Å²) >= 11 is 0. The number of amides is 2. The summed E-state index contributed by atoms with van der Waals surface area (Å²) in [6.07, 6.45) is -0.697. The number of rotatable bonds is 13. The average Bonchev–Trinajstić information content (AvgIpc) is 3.07. The topological polar surface area (TPSA) is 227 Å². The number of nitro groups is 1. The number of azide groups is 1. The number of benzene rings is 1. The molecular formula is C17H17N5O10S3. The summed E-state index contributed by atoms with van der Waals surface area (Å²) in [7, 11) is -2.28. The van der Waals surface area contributed by atoms with Gasteiger partial charge in [0.25, 0.3) is 27.6 Å². The molecular weight excluding hydrogens is 530 g/mol. The van der Waals surface area contributed by atoms with Gasteiger partial charge in [-0.05, 0) is 24.1 Å². The lowest BCUT2D eigenvalue weighted by atomic mass is 10.0. The van der Waals surface area contributed by atoms with Crippen molar-refractivity contribution < 1.29 is 41.9 Å². The smallest absolute Gasteiger partial charge is 0.330 e. The summed E-state index contributed by atoms with van der Waals surface area (Å²) in [6.45, 7) is 0. The lowest BCUT2D eigenvalue weighted by Crippen LogP contribution is -2.36. The van der Waals surface area contributed by atoms with Crippen molar-refractivity contribution in [3.05, 3.63) is 44.3 Å². The van der Waals surface area contributed by atoms with E-state index in [4.69, 9.17) is 10.1 Å². The number of carbonyl (C=O) groups is 4. The summed E-state index contributed by atoms with van der Waals surface area (Å²) in [5, 5.41) is 12.5.